The number of ether oxygens (including phenoxy) is 1. The Labute approximate surface area is 112 Å². The third-order valence-corrected chi connectivity index (χ3v) is 2.55. The predicted octanol–water partition coefficient (Wildman–Crippen LogP) is 2.19. The molecule has 0 fully saturated rings. The average Bonchev–Trinajstić information content (AvgIpc) is 2.29. The molecule has 0 aliphatic heterocycles. The highest BCUT2D eigenvalue weighted by atomic mass is 19.4. The van der Waals surface area contributed by atoms with Crippen LogP contribution in [0.2, 0.25) is 0 Å². The maximum absolute atomic E-state index is 12.0. The number of carboxylic acid groups (broad SMARTS) is 1. The topological polar surface area (TPSA) is 66.8 Å². The molecule has 1 rings (SSSR count). The molecule has 0 radical (unpaired) electrons. The van der Waals surface area contributed by atoms with E-state index in [1.54, 1.807) is 0 Å². The van der Waals surface area contributed by atoms with Crippen molar-refractivity contribution in [2.24, 2.45) is 0 Å². The summed E-state index contributed by atoms with van der Waals surface area (Å²) in [5.74, 6) is -2.23. The first-order valence-electron chi connectivity index (χ1n) is 5.43. The Bertz CT molecular complexity index is 498. The summed E-state index contributed by atoms with van der Waals surface area (Å²) in [6, 6.07) is 3.05. The van der Waals surface area contributed by atoms with Crippen LogP contribution in [0.15, 0.2) is 24.3 Å². The summed E-state index contributed by atoms with van der Waals surface area (Å²) in [5, 5.41) is 9.10. The van der Waals surface area contributed by atoms with Crippen molar-refractivity contribution in [2.75, 3.05) is 7.05 Å². The molecule has 5 nitrogen and oxygen atoms in total. The van der Waals surface area contributed by atoms with Gasteiger partial charge < -0.3 is 14.7 Å². The van der Waals surface area contributed by atoms with Gasteiger partial charge in [-0.05, 0) is 17.7 Å². The van der Waals surface area contributed by atoms with E-state index in [4.69, 9.17) is 5.11 Å². The van der Waals surface area contributed by atoms with Crippen molar-refractivity contribution < 1.29 is 32.6 Å². The molecular formula is C12H12F3NO4. The van der Waals surface area contributed by atoms with E-state index in [1.807, 2.05) is 0 Å². The van der Waals surface area contributed by atoms with Crippen molar-refractivity contribution in [3.05, 3.63) is 29.8 Å². The molecule has 1 N–H and O–H groups in total. The van der Waals surface area contributed by atoms with E-state index in [0.717, 1.165) is 17.0 Å². The Morgan fingerprint density at radius 1 is 1.25 bits per heavy atom. The molecule has 1 atom stereocenters. The van der Waals surface area contributed by atoms with Gasteiger partial charge in [-0.15, -0.1) is 13.2 Å². The second-order valence-corrected chi connectivity index (χ2v) is 3.99. The third kappa shape index (κ3) is 4.15. The number of alkyl halides is 3. The van der Waals surface area contributed by atoms with Crippen LogP contribution in [0.4, 0.5) is 13.2 Å². The summed E-state index contributed by atoms with van der Waals surface area (Å²) in [4.78, 5) is 23.3. The second-order valence-electron chi connectivity index (χ2n) is 3.99. The van der Waals surface area contributed by atoms with Crippen molar-refractivity contribution in [1.82, 2.24) is 4.90 Å². The van der Waals surface area contributed by atoms with E-state index in [2.05, 4.69) is 4.74 Å². The minimum atomic E-state index is -4.82. The lowest BCUT2D eigenvalue weighted by atomic mass is 10.1. The lowest BCUT2D eigenvalue weighted by Gasteiger charge is -2.24. The number of aliphatic carboxylic acids is 1. The second kappa shape index (κ2) is 5.81. The average molecular weight is 291 g/mol. The Morgan fingerprint density at radius 2 is 1.75 bits per heavy atom. The van der Waals surface area contributed by atoms with Gasteiger partial charge in [0.15, 0.2) is 6.04 Å². The number of nitrogens with zero attached hydrogens (tertiary/aromatic N) is 1. The Hall–Kier alpha value is -2.25. The van der Waals surface area contributed by atoms with Gasteiger partial charge in [0, 0.05) is 14.0 Å². The number of rotatable bonds is 4. The first-order chi connectivity index (χ1) is 9.11. The van der Waals surface area contributed by atoms with Crippen LogP contribution in [0.1, 0.15) is 18.5 Å². The largest absolute Gasteiger partial charge is 0.573 e. The van der Waals surface area contributed by atoms with E-state index in [1.165, 1.54) is 26.1 Å². The number of hydrogen-bond donors (Lipinski definition) is 1. The predicted molar refractivity (Wildman–Crippen MR) is 61.9 cm³/mol. The van der Waals surface area contributed by atoms with Crippen molar-refractivity contribution in [2.45, 2.75) is 19.3 Å². The zero-order valence-electron chi connectivity index (χ0n) is 10.6. The number of hydrogen-bond acceptors (Lipinski definition) is 3. The van der Waals surface area contributed by atoms with E-state index in [-0.39, 0.29) is 5.56 Å². The third-order valence-electron chi connectivity index (χ3n) is 2.55. The van der Waals surface area contributed by atoms with Crippen molar-refractivity contribution in [3.63, 3.8) is 0 Å². The number of carbonyl (C=O) groups excluding carboxylic acids is 1. The summed E-state index contributed by atoms with van der Waals surface area (Å²) in [5.41, 5.74) is 0.171. The first-order valence-corrected chi connectivity index (χ1v) is 5.43. The van der Waals surface area contributed by atoms with Crippen LogP contribution >= 0.6 is 0 Å². The molecule has 1 aromatic carbocycles. The monoisotopic (exact) mass is 291 g/mol. The molecular weight excluding hydrogens is 279 g/mol. The Kier molecular flexibility index (Phi) is 4.59. The summed E-state index contributed by atoms with van der Waals surface area (Å²) >= 11 is 0. The van der Waals surface area contributed by atoms with E-state index in [9.17, 15) is 22.8 Å². The fraction of sp³-hybridized carbons (Fsp3) is 0.333. The first kappa shape index (κ1) is 15.8. The number of halogens is 3. The van der Waals surface area contributed by atoms with Gasteiger partial charge in [-0.3, -0.25) is 4.79 Å². The number of likely N-dealkylation sites (N-methyl/N-ethyl adjacent to an activating group) is 1. The van der Waals surface area contributed by atoms with E-state index < -0.39 is 30.0 Å². The fourth-order valence-corrected chi connectivity index (χ4v) is 1.57. The zero-order chi connectivity index (χ0) is 15.5. The smallest absolute Gasteiger partial charge is 0.479 e. The maximum Gasteiger partial charge on any atom is 0.573 e. The van der Waals surface area contributed by atoms with Gasteiger partial charge in [-0.2, -0.15) is 0 Å². The molecule has 0 aliphatic carbocycles. The molecule has 0 saturated heterocycles. The molecule has 1 amide bonds. The standard InChI is InChI=1S/C12H12F3NO4/c1-7(17)16(2)10(11(18)19)8-3-5-9(6-4-8)20-12(13,14)15/h3-6,10H,1-2H3,(H,18,19). The quantitative estimate of drug-likeness (QED) is 0.923. The molecule has 1 unspecified atom stereocenters. The highest BCUT2D eigenvalue weighted by Gasteiger charge is 2.31. The van der Waals surface area contributed by atoms with Crippen LogP contribution in [0.5, 0.6) is 5.75 Å². The normalized spacial score (nSPS) is 12.7. The van der Waals surface area contributed by atoms with Gasteiger partial charge in [-0.1, -0.05) is 12.1 Å². The highest BCUT2D eigenvalue weighted by molar-refractivity contribution is 5.83. The van der Waals surface area contributed by atoms with Crippen LogP contribution in [0.3, 0.4) is 0 Å². The van der Waals surface area contributed by atoms with Gasteiger partial charge in [0.2, 0.25) is 5.91 Å². The number of carboxylic acids is 1. The van der Waals surface area contributed by atoms with Crippen molar-refractivity contribution >= 4 is 11.9 Å². The molecule has 8 heteroatoms. The minimum absolute atomic E-state index is 0.171. The Balaban J connectivity index is 3.00. The van der Waals surface area contributed by atoms with Gasteiger partial charge in [0.05, 0.1) is 0 Å². The summed E-state index contributed by atoms with van der Waals surface area (Å²) in [6.07, 6.45) is -4.82. The van der Waals surface area contributed by atoms with Gasteiger partial charge in [0.1, 0.15) is 5.75 Å². The Morgan fingerprint density at radius 3 is 2.10 bits per heavy atom. The van der Waals surface area contributed by atoms with Gasteiger partial charge >= 0.3 is 12.3 Å². The molecule has 0 saturated carbocycles. The van der Waals surface area contributed by atoms with Crippen LogP contribution in [0.25, 0.3) is 0 Å². The maximum atomic E-state index is 12.0. The van der Waals surface area contributed by atoms with Crippen molar-refractivity contribution in [3.8, 4) is 5.75 Å². The molecule has 0 aliphatic rings. The van der Waals surface area contributed by atoms with E-state index in [0.29, 0.717) is 0 Å². The molecule has 0 bridgehead atoms. The summed E-state index contributed by atoms with van der Waals surface area (Å²) < 4.78 is 39.7. The lowest BCUT2D eigenvalue weighted by Crippen LogP contribution is -2.34. The lowest BCUT2D eigenvalue weighted by molar-refractivity contribution is -0.274. The van der Waals surface area contributed by atoms with Crippen LogP contribution < -0.4 is 4.74 Å². The minimum Gasteiger partial charge on any atom is -0.479 e. The molecule has 0 spiro atoms. The summed E-state index contributed by atoms with van der Waals surface area (Å²) in [6.45, 7) is 1.19. The highest BCUT2D eigenvalue weighted by Crippen LogP contribution is 2.26. The van der Waals surface area contributed by atoms with Gasteiger partial charge in [0.25, 0.3) is 0 Å². The summed E-state index contributed by atoms with van der Waals surface area (Å²) in [7, 11) is 1.29. The number of amides is 1. The molecule has 0 heterocycles. The van der Waals surface area contributed by atoms with Crippen molar-refractivity contribution in [1.29, 1.82) is 0 Å². The molecule has 0 aromatic heterocycles. The van der Waals surface area contributed by atoms with Crippen LogP contribution in [-0.4, -0.2) is 35.3 Å². The number of benzene rings is 1. The van der Waals surface area contributed by atoms with Gasteiger partial charge in [-0.25, -0.2) is 4.79 Å². The number of carbonyl (C=O) groups is 2. The van der Waals surface area contributed by atoms with Crippen LogP contribution in [0, 0.1) is 0 Å². The zero-order valence-corrected chi connectivity index (χ0v) is 10.6. The fourth-order valence-electron chi connectivity index (χ4n) is 1.57. The molecule has 20 heavy (non-hydrogen) atoms. The molecule has 110 valence electrons. The van der Waals surface area contributed by atoms with Crippen LogP contribution in [-0.2, 0) is 9.59 Å². The SMILES string of the molecule is CC(=O)N(C)C(C(=O)O)c1ccc(OC(F)(F)F)cc1. The molecule has 1 aromatic rings. The van der Waals surface area contributed by atoms with E-state index >= 15 is 0 Å².